The van der Waals surface area contributed by atoms with Crippen molar-refractivity contribution in [2.75, 3.05) is 13.7 Å². The Bertz CT molecular complexity index is 1250. The van der Waals surface area contributed by atoms with Crippen LogP contribution < -0.4 is 4.74 Å². The van der Waals surface area contributed by atoms with Crippen molar-refractivity contribution in [3.63, 3.8) is 0 Å². The van der Waals surface area contributed by atoms with Crippen LogP contribution in [-0.2, 0) is 19.5 Å². The highest BCUT2D eigenvalue weighted by atomic mass is 16.5. The van der Waals surface area contributed by atoms with Gasteiger partial charge in [-0.2, -0.15) is 5.10 Å². The average molecular weight is 424 g/mol. The van der Waals surface area contributed by atoms with Crippen LogP contribution in [0.1, 0.15) is 27.0 Å². The first-order valence-corrected chi connectivity index (χ1v) is 10.8. The summed E-state index contributed by atoms with van der Waals surface area (Å²) in [4.78, 5) is 15.6. The molecule has 5 heteroatoms. The average Bonchev–Trinajstić information content (AvgIpc) is 3.27. The van der Waals surface area contributed by atoms with Crippen LogP contribution >= 0.6 is 0 Å². The number of methoxy groups -OCH3 is 1. The summed E-state index contributed by atoms with van der Waals surface area (Å²) in [6, 6.07) is 26.2. The zero-order valence-electron chi connectivity index (χ0n) is 18.1. The van der Waals surface area contributed by atoms with Crippen LogP contribution in [0.2, 0.25) is 0 Å². The predicted molar refractivity (Wildman–Crippen MR) is 125 cm³/mol. The van der Waals surface area contributed by atoms with Crippen molar-refractivity contribution in [2.24, 2.45) is 0 Å². The molecule has 2 heterocycles. The first-order chi connectivity index (χ1) is 15.7. The molecular weight excluding hydrogens is 398 g/mol. The summed E-state index contributed by atoms with van der Waals surface area (Å²) in [5.74, 6) is 0.704. The molecule has 4 aromatic rings. The van der Waals surface area contributed by atoms with E-state index in [0.29, 0.717) is 36.6 Å². The quantitative estimate of drug-likeness (QED) is 0.463. The summed E-state index contributed by atoms with van der Waals surface area (Å²) in [6.07, 6.45) is 2.74. The van der Waals surface area contributed by atoms with Gasteiger partial charge in [0.15, 0.2) is 0 Å². The second-order valence-corrected chi connectivity index (χ2v) is 8.02. The molecule has 1 aromatic heterocycles. The van der Waals surface area contributed by atoms with Gasteiger partial charge in [-0.15, -0.1) is 0 Å². The molecule has 0 N–H and O–H groups in total. The zero-order chi connectivity index (χ0) is 21.9. The molecule has 0 atom stereocenters. The first kappa shape index (κ1) is 20.1. The molecule has 0 saturated heterocycles. The van der Waals surface area contributed by atoms with E-state index in [4.69, 9.17) is 9.84 Å². The van der Waals surface area contributed by atoms with Gasteiger partial charge in [0.05, 0.1) is 19.2 Å². The summed E-state index contributed by atoms with van der Waals surface area (Å²) in [5.41, 5.74) is 5.74. The molecule has 5 nitrogen and oxygen atoms in total. The Labute approximate surface area is 187 Å². The first-order valence-electron chi connectivity index (χ1n) is 10.8. The van der Waals surface area contributed by atoms with Crippen molar-refractivity contribution in [1.29, 1.82) is 0 Å². The highest BCUT2D eigenvalue weighted by Gasteiger charge is 2.27. The fraction of sp³-hybridized carbons (Fsp3) is 0.185. The lowest BCUT2D eigenvalue weighted by atomic mass is 9.99. The second kappa shape index (κ2) is 8.71. The van der Waals surface area contributed by atoms with Gasteiger partial charge < -0.3 is 9.64 Å². The van der Waals surface area contributed by atoms with Crippen LogP contribution in [0.5, 0.6) is 5.75 Å². The zero-order valence-corrected chi connectivity index (χ0v) is 18.1. The van der Waals surface area contributed by atoms with Gasteiger partial charge in [0.25, 0.3) is 5.91 Å². The van der Waals surface area contributed by atoms with Crippen LogP contribution in [0.4, 0.5) is 0 Å². The number of fused-ring (bicyclic) bond motifs is 1. The molecule has 0 fully saturated rings. The van der Waals surface area contributed by atoms with Crippen LogP contribution in [-0.4, -0.2) is 34.2 Å². The number of hydrogen-bond donors (Lipinski definition) is 0. The van der Waals surface area contributed by atoms with Crippen molar-refractivity contribution in [1.82, 2.24) is 14.7 Å². The van der Waals surface area contributed by atoms with E-state index in [-0.39, 0.29) is 5.91 Å². The smallest absolute Gasteiger partial charge is 0.258 e. The van der Waals surface area contributed by atoms with Crippen molar-refractivity contribution in [3.8, 4) is 17.0 Å². The number of para-hydroxylation sites is 1. The lowest BCUT2D eigenvalue weighted by Crippen LogP contribution is -2.36. The third kappa shape index (κ3) is 3.89. The molecule has 1 amide bonds. The molecule has 0 saturated carbocycles. The molecule has 160 valence electrons. The molecule has 0 bridgehead atoms. The number of aromatic nitrogens is 2. The number of hydrogen-bond acceptors (Lipinski definition) is 3. The SMILES string of the molecule is COc1ccccc1-c1nn(Cc2ccccc2)cc1C(=O)N1CCc2ccccc2C1. The van der Waals surface area contributed by atoms with Gasteiger partial charge in [-0.3, -0.25) is 9.48 Å². The third-order valence-electron chi connectivity index (χ3n) is 5.96. The standard InChI is InChI=1S/C27H25N3O2/c1-32-25-14-8-7-13-23(25)26-24(19-30(28-26)17-20-9-3-2-4-10-20)27(31)29-16-15-21-11-5-6-12-22(21)18-29/h2-14,19H,15-18H2,1H3. The van der Waals surface area contributed by atoms with Crippen LogP contribution in [0.3, 0.4) is 0 Å². The Morgan fingerprint density at radius 1 is 0.938 bits per heavy atom. The Hall–Kier alpha value is -3.86. The van der Waals surface area contributed by atoms with Crippen LogP contribution in [0, 0.1) is 0 Å². The van der Waals surface area contributed by atoms with Crippen LogP contribution in [0.25, 0.3) is 11.3 Å². The molecule has 0 unspecified atom stereocenters. The van der Waals surface area contributed by atoms with Gasteiger partial charge in [0.1, 0.15) is 11.4 Å². The van der Waals surface area contributed by atoms with Crippen molar-refractivity contribution in [3.05, 3.63) is 107 Å². The topological polar surface area (TPSA) is 47.4 Å². The van der Waals surface area contributed by atoms with E-state index in [9.17, 15) is 4.79 Å². The van der Waals surface area contributed by atoms with Crippen LogP contribution in [0.15, 0.2) is 85.1 Å². The number of ether oxygens (including phenoxy) is 1. The Balaban J connectivity index is 1.53. The molecule has 3 aromatic carbocycles. The Kier molecular flexibility index (Phi) is 5.46. The maximum Gasteiger partial charge on any atom is 0.258 e. The lowest BCUT2D eigenvalue weighted by Gasteiger charge is -2.28. The normalized spacial score (nSPS) is 13.0. The van der Waals surface area contributed by atoms with Gasteiger partial charge in [-0.25, -0.2) is 0 Å². The highest BCUT2D eigenvalue weighted by molar-refractivity contribution is 6.00. The Morgan fingerprint density at radius 2 is 1.66 bits per heavy atom. The largest absolute Gasteiger partial charge is 0.496 e. The van der Waals surface area contributed by atoms with Gasteiger partial charge in [0, 0.05) is 24.8 Å². The predicted octanol–water partition coefficient (Wildman–Crippen LogP) is 4.81. The minimum Gasteiger partial charge on any atom is -0.496 e. The number of carbonyl (C=O) groups is 1. The molecular formula is C27H25N3O2. The molecule has 0 aliphatic carbocycles. The Morgan fingerprint density at radius 3 is 2.47 bits per heavy atom. The van der Waals surface area contributed by atoms with E-state index in [1.54, 1.807) is 7.11 Å². The monoisotopic (exact) mass is 423 g/mol. The van der Waals surface area contributed by atoms with E-state index in [1.807, 2.05) is 64.3 Å². The third-order valence-corrected chi connectivity index (χ3v) is 5.96. The number of amides is 1. The fourth-order valence-electron chi connectivity index (χ4n) is 4.31. The summed E-state index contributed by atoms with van der Waals surface area (Å²) < 4.78 is 7.43. The van der Waals surface area contributed by atoms with E-state index in [1.165, 1.54) is 11.1 Å². The van der Waals surface area contributed by atoms with E-state index < -0.39 is 0 Å². The fourth-order valence-corrected chi connectivity index (χ4v) is 4.31. The van der Waals surface area contributed by atoms with Gasteiger partial charge >= 0.3 is 0 Å². The van der Waals surface area contributed by atoms with E-state index >= 15 is 0 Å². The van der Waals surface area contributed by atoms with E-state index in [2.05, 4.69) is 30.3 Å². The maximum atomic E-state index is 13.7. The lowest BCUT2D eigenvalue weighted by molar-refractivity contribution is 0.0735. The molecule has 5 rings (SSSR count). The molecule has 0 radical (unpaired) electrons. The van der Waals surface area contributed by atoms with Gasteiger partial charge in [-0.05, 0) is 35.2 Å². The van der Waals surface area contributed by atoms with E-state index in [0.717, 1.165) is 17.5 Å². The maximum absolute atomic E-state index is 13.7. The minimum atomic E-state index is -0.000258. The summed E-state index contributed by atoms with van der Waals surface area (Å²) >= 11 is 0. The van der Waals surface area contributed by atoms with Crippen molar-refractivity contribution < 1.29 is 9.53 Å². The number of nitrogens with zero attached hydrogens (tertiary/aromatic N) is 3. The summed E-state index contributed by atoms with van der Waals surface area (Å²) in [5, 5.41) is 4.83. The summed E-state index contributed by atoms with van der Waals surface area (Å²) in [7, 11) is 1.64. The second-order valence-electron chi connectivity index (χ2n) is 8.02. The van der Waals surface area contributed by atoms with Gasteiger partial charge in [-0.1, -0.05) is 66.7 Å². The molecule has 1 aliphatic rings. The minimum absolute atomic E-state index is 0.000258. The molecule has 1 aliphatic heterocycles. The highest BCUT2D eigenvalue weighted by Crippen LogP contribution is 2.32. The molecule has 0 spiro atoms. The number of benzene rings is 3. The number of carbonyl (C=O) groups excluding carboxylic acids is 1. The van der Waals surface area contributed by atoms with Gasteiger partial charge in [0.2, 0.25) is 0 Å². The van der Waals surface area contributed by atoms with Crippen molar-refractivity contribution in [2.45, 2.75) is 19.5 Å². The summed E-state index contributed by atoms with van der Waals surface area (Å²) in [6.45, 7) is 1.91. The van der Waals surface area contributed by atoms with Crippen molar-refractivity contribution >= 4 is 5.91 Å². The molecule has 32 heavy (non-hydrogen) atoms. The number of rotatable bonds is 5.